The molecule has 3 nitrogen and oxygen atoms in total. The highest BCUT2D eigenvalue weighted by Gasteiger charge is 2.29. The lowest BCUT2D eigenvalue weighted by Gasteiger charge is -2.29. The van der Waals surface area contributed by atoms with Crippen LogP contribution in [-0.4, -0.2) is 17.8 Å². The lowest BCUT2D eigenvalue weighted by Crippen LogP contribution is -2.21. The van der Waals surface area contributed by atoms with Crippen molar-refractivity contribution in [2.75, 3.05) is 6.61 Å². The van der Waals surface area contributed by atoms with Gasteiger partial charge in [0.15, 0.2) is 11.6 Å². The average molecular weight is 511 g/mol. The zero-order valence-corrected chi connectivity index (χ0v) is 21.1. The minimum Gasteiger partial charge on any atom is -0.388 e. The first kappa shape index (κ1) is 26.0. The highest BCUT2D eigenvalue weighted by molar-refractivity contribution is 5.65. The normalized spacial score (nSPS) is 22.1. The molecule has 196 valence electrons. The molecule has 5 rings (SSSR count). The minimum atomic E-state index is -0.834. The van der Waals surface area contributed by atoms with E-state index in [0.29, 0.717) is 49.2 Å². The van der Waals surface area contributed by atoms with Crippen molar-refractivity contribution in [1.29, 1.82) is 0 Å². The molecule has 0 bridgehead atoms. The van der Waals surface area contributed by atoms with Crippen LogP contribution in [0.25, 0.3) is 11.1 Å². The van der Waals surface area contributed by atoms with E-state index in [1.54, 1.807) is 42.5 Å². The van der Waals surface area contributed by atoms with E-state index in [-0.39, 0.29) is 29.5 Å². The maximum atomic E-state index is 15.1. The molecular weight excluding hydrogens is 477 g/mol. The number of halogens is 3. The van der Waals surface area contributed by atoms with Gasteiger partial charge in [0, 0.05) is 11.1 Å². The Morgan fingerprint density at radius 1 is 0.919 bits per heavy atom. The highest BCUT2D eigenvalue weighted by Crippen LogP contribution is 2.38. The SMILES string of the molecule is CCCC(O)c1ccc(-c2ccc(C3CCC(OCc4ccc(C5CO5)c(F)c4)CC3)c(F)c2F)cc1. The van der Waals surface area contributed by atoms with Gasteiger partial charge in [-0.3, -0.25) is 0 Å². The number of epoxide rings is 1. The number of hydrogen-bond acceptors (Lipinski definition) is 3. The molecule has 1 N–H and O–H groups in total. The van der Waals surface area contributed by atoms with Gasteiger partial charge in [-0.05, 0) is 66.3 Å². The predicted molar refractivity (Wildman–Crippen MR) is 137 cm³/mol. The summed E-state index contributed by atoms with van der Waals surface area (Å²) in [5.41, 5.74) is 3.36. The molecule has 1 aliphatic carbocycles. The molecule has 0 aromatic heterocycles. The van der Waals surface area contributed by atoms with Crippen LogP contribution in [-0.2, 0) is 16.1 Å². The van der Waals surface area contributed by atoms with E-state index in [0.717, 1.165) is 30.4 Å². The summed E-state index contributed by atoms with van der Waals surface area (Å²) in [4.78, 5) is 0. The fourth-order valence-electron chi connectivity index (χ4n) is 5.33. The van der Waals surface area contributed by atoms with Crippen LogP contribution in [0.1, 0.15) is 85.8 Å². The number of aliphatic hydroxyl groups excluding tert-OH is 1. The molecule has 2 fully saturated rings. The van der Waals surface area contributed by atoms with E-state index in [4.69, 9.17) is 9.47 Å². The first-order valence-electron chi connectivity index (χ1n) is 13.2. The molecule has 37 heavy (non-hydrogen) atoms. The van der Waals surface area contributed by atoms with Crippen molar-refractivity contribution >= 4 is 0 Å². The van der Waals surface area contributed by atoms with Crippen LogP contribution in [0, 0.1) is 17.5 Å². The molecule has 0 radical (unpaired) electrons. The van der Waals surface area contributed by atoms with Crippen molar-refractivity contribution in [3.63, 3.8) is 0 Å². The summed E-state index contributed by atoms with van der Waals surface area (Å²) in [6.07, 6.45) is 3.76. The Morgan fingerprint density at radius 3 is 2.27 bits per heavy atom. The number of rotatable bonds is 9. The summed E-state index contributed by atoms with van der Waals surface area (Å²) in [7, 11) is 0. The van der Waals surface area contributed by atoms with Gasteiger partial charge in [0.05, 0.1) is 25.4 Å². The molecule has 1 heterocycles. The lowest BCUT2D eigenvalue weighted by atomic mass is 9.82. The molecule has 2 unspecified atom stereocenters. The number of hydrogen-bond donors (Lipinski definition) is 1. The van der Waals surface area contributed by atoms with E-state index < -0.39 is 17.7 Å². The third-order valence-corrected chi connectivity index (χ3v) is 7.63. The Labute approximate surface area is 216 Å². The van der Waals surface area contributed by atoms with Crippen molar-refractivity contribution in [3.8, 4) is 11.1 Å². The van der Waals surface area contributed by atoms with Crippen LogP contribution < -0.4 is 0 Å². The molecule has 3 aromatic carbocycles. The van der Waals surface area contributed by atoms with Gasteiger partial charge < -0.3 is 14.6 Å². The molecule has 2 aliphatic rings. The largest absolute Gasteiger partial charge is 0.388 e. The second-order valence-electron chi connectivity index (χ2n) is 10.2. The molecule has 6 heteroatoms. The second-order valence-corrected chi connectivity index (χ2v) is 10.2. The highest BCUT2D eigenvalue weighted by atomic mass is 19.2. The fourth-order valence-corrected chi connectivity index (χ4v) is 5.33. The topological polar surface area (TPSA) is 42.0 Å². The molecule has 1 saturated carbocycles. The summed E-state index contributed by atoms with van der Waals surface area (Å²) in [6, 6.07) is 15.5. The first-order valence-corrected chi connectivity index (χ1v) is 13.2. The third kappa shape index (κ3) is 5.92. The van der Waals surface area contributed by atoms with Crippen molar-refractivity contribution in [2.45, 2.75) is 76.3 Å². The first-order chi connectivity index (χ1) is 17.9. The van der Waals surface area contributed by atoms with E-state index in [1.807, 2.05) is 13.0 Å². The van der Waals surface area contributed by atoms with Gasteiger partial charge in [0.2, 0.25) is 0 Å². The van der Waals surface area contributed by atoms with E-state index in [1.165, 1.54) is 6.07 Å². The quantitative estimate of drug-likeness (QED) is 0.297. The van der Waals surface area contributed by atoms with Crippen molar-refractivity contribution in [3.05, 3.63) is 94.3 Å². The van der Waals surface area contributed by atoms with Gasteiger partial charge in [-0.15, -0.1) is 0 Å². The van der Waals surface area contributed by atoms with Gasteiger partial charge in [-0.1, -0.05) is 61.9 Å². The molecule has 1 aliphatic heterocycles. The Kier molecular flexibility index (Phi) is 7.98. The van der Waals surface area contributed by atoms with Gasteiger partial charge in [0.25, 0.3) is 0 Å². The fraction of sp³-hybridized carbons (Fsp3) is 0.419. The molecule has 0 amide bonds. The lowest BCUT2D eigenvalue weighted by molar-refractivity contribution is 0.0130. The molecule has 1 saturated heterocycles. The summed E-state index contributed by atoms with van der Waals surface area (Å²) < 4.78 is 55.6. The van der Waals surface area contributed by atoms with Gasteiger partial charge in [-0.2, -0.15) is 0 Å². The van der Waals surface area contributed by atoms with Gasteiger partial charge >= 0.3 is 0 Å². The second kappa shape index (κ2) is 11.4. The van der Waals surface area contributed by atoms with Crippen LogP contribution in [0.4, 0.5) is 13.2 Å². The van der Waals surface area contributed by atoms with E-state index in [2.05, 4.69) is 0 Å². The molecule has 2 atom stereocenters. The monoisotopic (exact) mass is 510 g/mol. The maximum absolute atomic E-state index is 15.1. The van der Waals surface area contributed by atoms with Crippen molar-refractivity contribution in [1.82, 2.24) is 0 Å². The molecular formula is C31H33F3O3. The van der Waals surface area contributed by atoms with E-state index >= 15 is 8.78 Å². The van der Waals surface area contributed by atoms with Crippen molar-refractivity contribution < 1.29 is 27.8 Å². The summed E-state index contributed by atoms with van der Waals surface area (Å²) in [5, 5.41) is 10.2. The zero-order valence-electron chi connectivity index (χ0n) is 21.1. The smallest absolute Gasteiger partial charge is 0.166 e. The molecule has 0 spiro atoms. The maximum Gasteiger partial charge on any atom is 0.166 e. The number of ether oxygens (including phenoxy) is 2. The Morgan fingerprint density at radius 2 is 1.62 bits per heavy atom. The average Bonchev–Trinajstić information content (AvgIpc) is 3.75. The van der Waals surface area contributed by atoms with Crippen LogP contribution in [0.5, 0.6) is 0 Å². The minimum absolute atomic E-state index is 0.0134. The van der Waals surface area contributed by atoms with Crippen molar-refractivity contribution in [2.24, 2.45) is 0 Å². The van der Waals surface area contributed by atoms with Gasteiger partial charge in [-0.25, -0.2) is 13.2 Å². The Hall–Kier alpha value is -2.67. The Bertz CT molecular complexity index is 1220. The van der Waals surface area contributed by atoms with E-state index in [9.17, 15) is 9.50 Å². The van der Waals surface area contributed by atoms with Crippen LogP contribution in [0.2, 0.25) is 0 Å². The Balaban J connectivity index is 1.18. The van der Waals surface area contributed by atoms with Crippen LogP contribution in [0.3, 0.4) is 0 Å². The molecule has 3 aromatic rings. The van der Waals surface area contributed by atoms with Gasteiger partial charge in [0.1, 0.15) is 11.9 Å². The number of aliphatic hydroxyl groups is 1. The number of benzene rings is 3. The zero-order chi connectivity index (χ0) is 25.9. The predicted octanol–water partition coefficient (Wildman–Crippen LogP) is 7.92. The van der Waals surface area contributed by atoms with Crippen LogP contribution >= 0.6 is 0 Å². The third-order valence-electron chi connectivity index (χ3n) is 7.63. The summed E-state index contributed by atoms with van der Waals surface area (Å²) >= 11 is 0. The van der Waals surface area contributed by atoms with Crippen LogP contribution in [0.15, 0.2) is 54.6 Å². The summed E-state index contributed by atoms with van der Waals surface area (Å²) in [5.74, 6) is -1.95. The standard InChI is InChI=1S/C31H33F3O3/c1-2-3-28(35)22-7-5-20(6-8-22)24-14-15-25(31(34)30(24)33)21-9-11-23(12-10-21)36-17-19-4-13-26(27(32)16-19)29-18-37-29/h4-8,13-16,21,23,28-29,35H,2-3,9-12,17-18H2,1H3. The summed E-state index contributed by atoms with van der Waals surface area (Å²) in [6.45, 7) is 2.90.